The predicted molar refractivity (Wildman–Crippen MR) is 46.9 cm³/mol. The lowest BCUT2D eigenvalue weighted by atomic mass is 9.88. The van der Waals surface area contributed by atoms with E-state index in [1.165, 1.54) is 0 Å². The Morgan fingerprint density at radius 1 is 1.58 bits per heavy atom. The molecule has 66 valence electrons. The van der Waals surface area contributed by atoms with Crippen molar-refractivity contribution in [1.29, 1.82) is 0 Å². The molecule has 0 saturated carbocycles. The molecule has 3 nitrogen and oxygen atoms in total. The van der Waals surface area contributed by atoms with Crippen LogP contribution >= 0.6 is 0 Å². The zero-order valence-corrected chi connectivity index (χ0v) is 7.05. The van der Waals surface area contributed by atoms with Crippen LogP contribution in [0.15, 0.2) is 23.5 Å². The molecule has 0 amide bonds. The highest BCUT2D eigenvalue weighted by Gasteiger charge is 2.28. The third-order valence-corrected chi connectivity index (χ3v) is 2.69. The van der Waals surface area contributed by atoms with E-state index in [0.29, 0.717) is 18.2 Å². The summed E-state index contributed by atoms with van der Waals surface area (Å²) in [6.45, 7) is 0.695. The summed E-state index contributed by atoms with van der Waals surface area (Å²) in [7, 11) is 0. The maximum atomic E-state index is 11.5. The van der Waals surface area contributed by atoms with Gasteiger partial charge in [0.05, 0.1) is 12.2 Å². The quantitative estimate of drug-likeness (QED) is 0.494. The zero-order valence-electron chi connectivity index (χ0n) is 7.05. The molecule has 0 aromatic heterocycles. The largest absolute Gasteiger partial charge is 0.629 e. The summed E-state index contributed by atoms with van der Waals surface area (Å²) in [4.78, 5) is 0. The third kappa shape index (κ3) is 1.15. The van der Waals surface area contributed by atoms with Gasteiger partial charge >= 0.3 is 0 Å². The zero-order chi connectivity index (χ0) is 8.55. The molecule has 3 heteroatoms. The van der Waals surface area contributed by atoms with Gasteiger partial charge in [0.2, 0.25) is 0 Å². The highest BCUT2D eigenvalue weighted by Crippen LogP contribution is 2.25. The number of hydrogen-bond donors (Lipinski definition) is 2. The van der Waals surface area contributed by atoms with E-state index in [1.807, 2.05) is 6.08 Å². The van der Waals surface area contributed by atoms with Crippen LogP contribution < -0.4 is 10.8 Å². The lowest BCUT2D eigenvalue weighted by Gasteiger charge is -2.36. The van der Waals surface area contributed by atoms with Crippen LogP contribution in [0.3, 0.4) is 0 Å². The molecule has 0 radical (unpaired) electrons. The van der Waals surface area contributed by atoms with Gasteiger partial charge in [0, 0.05) is 5.92 Å². The van der Waals surface area contributed by atoms with Gasteiger partial charge in [-0.2, -0.15) is 0 Å². The molecule has 1 heterocycles. The second-order valence-corrected chi connectivity index (χ2v) is 3.52. The van der Waals surface area contributed by atoms with E-state index in [4.69, 9.17) is 5.73 Å². The lowest BCUT2D eigenvalue weighted by molar-refractivity contribution is -0.816. The molecule has 2 rings (SSSR count). The average molecular weight is 166 g/mol. The van der Waals surface area contributed by atoms with Crippen molar-refractivity contribution >= 4 is 0 Å². The monoisotopic (exact) mass is 166 g/mol. The van der Waals surface area contributed by atoms with Gasteiger partial charge < -0.3 is 16.0 Å². The second-order valence-electron chi connectivity index (χ2n) is 3.52. The fraction of sp³-hybridized carbons (Fsp3) is 0.556. The summed E-state index contributed by atoms with van der Waals surface area (Å²) in [5.41, 5.74) is 7.36. The van der Waals surface area contributed by atoms with Crippen molar-refractivity contribution in [2.45, 2.75) is 19.3 Å². The van der Waals surface area contributed by atoms with Gasteiger partial charge in [-0.15, -0.1) is 0 Å². The van der Waals surface area contributed by atoms with E-state index in [-0.39, 0.29) is 5.06 Å². The van der Waals surface area contributed by atoms with Gasteiger partial charge in [-0.05, 0) is 25.3 Å². The number of piperidine rings is 1. The van der Waals surface area contributed by atoms with Crippen LogP contribution in [0, 0.1) is 11.1 Å². The van der Waals surface area contributed by atoms with Gasteiger partial charge in [-0.3, -0.25) is 0 Å². The number of quaternary nitrogens is 1. The molecule has 1 fully saturated rings. The van der Waals surface area contributed by atoms with Gasteiger partial charge in [0.25, 0.3) is 0 Å². The first-order chi connectivity index (χ1) is 5.79. The molecule has 2 atom stereocenters. The molecule has 3 N–H and O–H groups in total. The first kappa shape index (κ1) is 7.83. The summed E-state index contributed by atoms with van der Waals surface area (Å²) in [6.07, 6.45) is 7.11. The molecule has 1 aliphatic carbocycles. The predicted octanol–water partition coefficient (Wildman–Crippen LogP) is -0.0907. The Balaban J connectivity index is 2.31. The smallest absolute Gasteiger partial charge is 0.134 e. The highest BCUT2D eigenvalue weighted by molar-refractivity contribution is 5.25. The van der Waals surface area contributed by atoms with Gasteiger partial charge in [-0.1, -0.05) is 6.08 Å². The summed E-state index contributed by atoms with van der Waals surface area (Å²) in [5.74, 6) is 0.427. The van der Waals surface area contributed by atoms with Crippen LogP contribution in [0.4, 0.5) is 0 Å². The SMILES string of the molecule is NC1=C2C(CC=C1)CCC[NH+]2[O-]. The number of allylic oxidation sites excluding steroid dienone is 3. The Kier molecular flexibility index (Phi) is 1.90. The van der Waals surface area contributed by atoms with Crippen LogP contribution in [0.5, 0.6) is 0 Å². The van der Waals surface area contributed by atoms with E-state index in [0.717, 1.165) is 25.0 Å². The molecule has 1 saturated heterocycles. The van der Waals surface area contributed by atoms with Crippen molar-refractivity contribution in [2.24, 2.45) is 11.7 Å². The average Bonchev–Trinajstić information content (AvgIpc) is 2.04. The molecule has 0 bridgehead atoms. The standard InChI is InChI=1S/C9H14N2O/c10-8-5-1-3-7-4-2-6-11(12)9(7)8/h1,5,7,11H,2-4,6,10H2. The van der Waals surface area contributed by atoms with E-state index in [1.54, 1.807) is 0 Å². The summed E-state index contributed by atoms with van der Waals surface area (Å²) in [6, 6.07) is 0. The molecular weight excluding hydrogens is 152 g/mol. The van der Waals surface area contributed by atoms with Gasteiger partial charge in [0.1, 0.15) is 5.70 Å². The molecular formula is C9H14N2O. The van der Waals surface area contributed by atoms with Crippen molar-refractivity contribution in [1.82, 2.24) is 0 Å². The first-order valence-corrected chi connectivity index (χ1v) is 4.48. The fourth-order valence-corrected chi connectivity index (χ4v) is 2.10. The topological polar surface area (TPSA) is 53.5 Å². The molecule has 0 aromatic carbocycles. The Bertz CT molecular complexity index is 245. The summed E-state index contributed by atoms with van der Waals surface area (Å²) < 4.78 is 0. The minimum atomic E-state index is 0.271. The van der Waals surface area contributed by atoms with E-state index < -0.39 is 0 Å². The number of nitrogens with two attached hydrogens (primary N) is 1. The lowest BCUT2D eigenvalue weighted by Crippen LogP contribution is -3.07. The Morgan fingerprint density at radius 2 is 2.42 bits per heavy atom. The maximum absolute atomic E-state index is 11.5. The second kappa shape index (κ2) is 2.92. The number of fused-ring (bicyclic) bond motifs is 1. The van der Waals surface area contributed by atoms with Gasteiger partial charge in [-0.25, -0.2) is 0 Å². The minimum absolute atomic E-state index is 0.271. The van der Waals surface area contributed by atoms with E-state index in [9.17, 15) is 5.21 Å². The van der Waals surface area contributed by atoms with Crippen molar-refractivity contribution in [3.05, 3.63) is 28.8 Å². The van der Waals surface area contributed by atoms with Crippen molar-refractivity contribution in [3.63, 3.8) is 0 Å². The van der Waals surface area contributed by atoms with Crippen molar-refractivity contribution < 1.29 is 5.06 Å². The molecule has 1 aliphatic heterocycles. The van der Waals surface area contributed by atoms with Crippen LogP contribution in [-0.4, -0.2) is 6.54 Å². The van der Waals surface area contributed by atoms with Crippen LogP contribution in [0.2, 0.25) is 0 Å². The number of nitrogens with one attached hydrogen (secondary N) is 1. The van der Waals surface area contributed by atoms with Crippen molar-refractivity contribution in [3.8, 4) is 0 Å². The number of hydroxylamine groups is 2. The third-order valence-electron chi connectivity index (χ3n) is 2.69. The highest BCUT2D eigenvalue weighted by atomic mass is 16.5. The van der Waals surface area contributed by atoms with Gasteiger partial charge in [0.15, 0.2) is 0 Å². The normalized spacial score (nSPS) is 35.1. The molecule has 0 spiro atoms. The molecule has 2 unspecified atom stereocenters. The van der Waals surface area contributed by atoms with E-state index >= 15 is 0 Å². The summed E-state index contributed by atoms with van der Waals surface area (Å²) in [5, 5.41) is 11.7. The Morgan fingerprint density at radius 3 is 3.17 bits per heavy atom. The number of rotatable bonds is 0. The summed E-state index contributed by atoms with van der Waals surface area (Å²) >= 11 is 0. The van der Waals surface area contributed by atoms with E-state index in [2.05, 4.69) is 6.08 Å². The van der Waals surface area contributed by atoms with Crippen LogP contribution in [0.25, 0.3) is 0 Å². The number of hydrogen-bond acceptors (Lipinski definition) is 2. The van der Waals surface area contributed by atoms with Crippen LogP contribution in [-0.2, 0) is 0 Å². The first-order valence-electron chi connectivity index (χ1n) is 4.48. The minimum Gasteiger partial charge on any atom is -0.629 e. The molecule has 12 heavy (non-hydrogen) atoms. The Hall–Kier alpha value is -0.800. The van der Waals surface area contributed by atoms with Crippen molar-refractivity contribution in [2.75, 3.05) is 6.54 Å². The maximum Gasteiger partial charge on any atom is 0.134 e. The molecule has 2 aliphatic rings. The van der Waals surface area contributed by atoms with Crippen LogP contribution in [0.1, 0.15) is 19.3 Å². The molecule has 0 aromatic rings. The fourth-order valence-electron chi connectivity index (χ4n) is 2.10. The Labute approximate surface area is 72.1 Å².